The highest BCUT2D eigenvalue weighted by Crippen LogP contribution is 2.36. The predicted octanol–water partition coefficient (Wildman–Crippen LogP) is 5.22. The van der Waals surface area contributed by atoms with Crippen LogP contribution in [-0.4, -0.2) is 21.4 Å². The number of nitrogens with zero attached hydrogens (tertiary/aromatic N) is 1. The van der Waals surface area contributed by atoms with Crippen LogP contribution in [0.3, 0.4) is 0 Å². The summed E-state index contributed by atoms with van der Waals surface area (Å²) in [5.74, 6) is 0. The molecule has 0 atom stereocenters. The number of benzene rings is 2. The molecule has 0 amide bonds. The molecule has 3 rings (SSSR count). The van der Waals surface area contributed by atoms with Gasteiger partial charge in [-0.2, -0.15) is 0 Å². The maximum atomic E-state index is 9.12. The Morgan fingerprint density at radius 3 is 2.50 bits per heavy atom. The van der Waals surface area contributed by atoms with Gasteiger partial charge in [-0.05, 0) is 30.7 Å². The fourth-order valence-corrected chi connectivity index (χ4v) is 4.38. The maximum Gasteiger partial charge on any atom is 0.124 e. The van der Waals surface area contributed by atoms with E-state index >= 15 is 0 Å². The molecule has 0 bridgehead atoms. The molecule has 2 nitrogen and oxygen atoms in total. The predicted molar refractivity (Wildman–Crippen MR) is 96.7 cm³/mol. The number of hydrogen-bond donors (Lipinski definition) is 1. The van der Waals surface area contributed by atoms with Crippen LogP contribution in [0.15, 0.2) is 53.4 Å². The first-order chi connectivity index (χ1) is 10.6. The lowest BCUT2D eigenvalue weighted by Crippen LogP contribution is -2.16. The zero-order chi connectivity index (χ0) is 15.6. The van der Waals surface area contributed by atoms with Gasteiger partial charge < -0.3 is 5.11 Å². The third-order valence-electron chi connectivity index (χ3n) is 3.50. The molecule has 0 aliphatic carbocycles. The Kier molecular flexibility index (Phi) is 4.52. The van der Waals surface area contributed by atoms with Gasteiger partial charge >= 0.3 is 0 Å². The second-order valence-electron chi connectivity index (χ2n) is 5.85. The molecule has 22 heavy (non-hydrogen) atoms. The summed E-state index contributed by atoms with van der Waals surface area (Å²) in [6.45, 7) is 4.55. The lowest BCUT2D eigenvalue weighted by molar-refractivity contribution is 0.275. The lowest BCUT2D eigenvalue weighted by atomic mass is 10.1. The van der Waals surface area contributed by atoms with Crippen molar-refractivity contribution < 1.29 is 5.11 Å². The first-order valence-corrected chi connectivity index (χ1v) is 8.97. The van der Waals surface area contributed by atoms with E-state index in [1.54, 1.807) is 23.1 Å². The number of aliphatic hydroxyl groups is 1. The zero-order valence-corrected chi connectivity index (χ0v) is 14.4. The zero-order valence-electron chi connectivity index (χ0n) is 12.7. The van der Waals surface area contributed by atoms with Gasteiger partial charge in [-0.15, -0.1) is 23.1 Å². The van der Waals surface area contributed by atoms with Crippen molar-refractivity contribution in [3.05, 3.63) is 48.5 Å². The van der Waals surface area contributed by atoms with Gasteiger partial charge in [0.15, 0.2) is 0 Å². The molecule has 0 saturated carbocycles. The molecule has 4 heteroatoms. The monoisotopic (exact) mass is 329 g/mol. The summed E-state index contributed by atoms with van der Waals surface area (Å²) in [6.07, 6.45) is 0.789. The summed E-state index contributed by atoms with van der Waals surface area (Å²) < 4.78 is 1.27. The minimum absolute atomic E-state index is 0.0477. The van der Waals surface area contributed by atoms with E-state index < -0.39 is 0 Å². The Bertz CT molecular complexity index is 729. The van der Waals surface area contributed by atoms with E-state index in [2.05, 4.69) is 50.2 Å². The number of rotatable bonds is 5. The molecule has 1 aromatic heterocycles. The van der Waals surface area contributed by atoms with Gasteiger partial charge in [0.2, 0.25) is 0 Å². The number of thioether (sulfide) groups is 1. The minimum atomic E-state index is 0.0477. The summed E-state index contributed by atoms with van der Waals surface area (Å²) in [6, 6.07) is 16.8. The average molecular weight is 329 g/mol. The number of thiazole rings is 1. The fraction of sp³-hybridized carbons (Fsp3) is 0.278. The van der Waals surface area contributed by atoms with E-state index in [1.165, 1.54) is 9.60 Å². The van der Waals surface area contributed by atoms with E-state index in [1.807, 2.05) is 12.1 Å². The van der Waals surface area contributed by atoms with Gasteiger partial charge in [0.05, 0.1) is 10.2 Å². The van der Waals surface area contributed by atoms with Gasteiger partial charge in [-0.3, -0.25) is 0 Å². The van der Waals surface area contributed by atoms with E-state index in [9.17, 15) is 0 Å². The van der Waals surface area contributed by atoms with Crippen molar-refractivity contribution in [3.63, 3.8) is 0 Å². The highest BCUT2D eigenvalue weighted by Gasteiger charge is 2.18. The van der Waals surface area contributed by atoms with Crippen LogP contribution in [-0.2, 0) is 0 Å². The topological polar surface area (TPSA) is 33.1 Å². The smallest absolute Gasteiger partial charge is 0.124 e. The largest absolute Gasteiger partial charge is 0.396 e. The van der Waals surface area contributed by atoms with Crippen LogP contribution in [0, 0.1) is 0 Å². The summed E-state index contributed by atoms with van der Waals surface area (Å²) >= 11 is 3.53. The highest BCUT2D eigenvalue weighted by atomic mass is 32.2. The van der Waals surface area contributed by atoms with Crippen LogP contribution >= 0.6 is 23.1 Å². The molecular formula is C18H19NOS2. The molecule has 1 N–H and O–H groups in total. The summed E-state index contributed by atoms with van der Waals surface area (Å²) in [4.78, 5) is 5.92. The van der Waals surface area contributed by atoms with E-state index in [4.69, 9.17) is 10.1 Å². The molecule has 0 aliphatic heterocycles. The number of aliphatic hydroxyl groups excluding tert-OH is 1. The molecule has 0 fully saturated rings. The Morgan fingerprint density at radius 1 is 1.09 bits per heavy atom. The third kappa shape index (κ3) is 3.51. The number of fused-ring (bicyclic) bond motifs is 1. The van der Waals surface area contributed by atoms with Gasteiger partial charge in [-0.1, -0.05) is 38.1 Å². The fourth-order valence-electron chi connectivity index (χ4n) is 2.30. The second-order valence-corrected chi connectivity index (χ2v) is 8.66. The molecule has 0 unspecified atom stereocenters. The molecule has 1 heterocycles. The molecule has 0 saturated heterocycles. The van der Waals surface area contributed by atoms with Crippen LogP contribution in [0.25, 0.3) is 20.8 Å². The normalized spacial score (nSPS) is 12.0. The van der Waals surface area contributed by atoms with Crippen LogP contribution in [0.4, 0.5) is 0 Å². The van der Waals surface area contributed by atoms with Crippen molar-refractivity contribution in [2.24, 2.45) is 0 Å². The van der Waals surface area contributed by atoms with Crippen molar-refractivity contribution in [3.8, 4) is 10.6 Å². The van der Waals surface area contributed by atoms with Crippen LogP contribution in [0.2, 0.25) is 0 Å². The van der Waals surface area contributed by atoms with E-state index in [-0.39, 0.29) is 11.4 Å². The Morgan fingerprint density at radius 2 is 1.82 bits per heavy atom. The number of para-hydroxylation sites is 1. The standard InChI is InChI=1S/C18H19NOS2/c1-18(2,11-12-20)22-14-9-7-13(8-10-14)17-19-15-5-3-4-6-16(15)21-17/h3-10,20H,11-12H2,1-2H3. The second kappa shape index (κ2) is 6.41. The maximum absolute atomic E-state index is 9.12. The SMILES string of the molecule is CC(C)(CCO)Sc1ccc(-c2nc3ccccc3s2)cc1. The molecule has 0 spiro atoms. The molecule has 2 aromatic carbocycles. The Balaban J connectivity index is 1.82. The number of hydrogen-bond acceptors (Lipinski definition) is 4. The van der Waals surface area contributed by atoms with E-state index in [0.29, 0.717) is 0 Å². The Labute approximate surface area is 139 Å². The third-order valence-corrected chi connectivity index (χ3v) is 5.85. The van der Waals surface area contributed by atoms with Crippen molar-refractivity contribution in [1.82, 2.24) is 4.98 Å². The summed E-state index contributed by atoms with van der Waals surface area (Å²) in [7, 11) is 0. The van der Waals surface area contributed by atoms with Crippen LogP contribution in [0.5, 0.6) is 0 Å². The van der Waals surface area contributed by atoms with Crippen molar-refractivity contribution in [1.29, 1.82) is 0 Å². The summed E-state index contributed by atoms with van der Waals surface area (Å²) in [5.41, 5.74) is 2.22. The molecule has 0 radical (unpaired) electrons. The van der Waals surface area contributed by atoms with Gasteiger partial charge in [0.25, 0.3) is 0 Å². The van der Waals surface area contributed by atoms with Crippen LogP contribution < -0.4 is 0 Å². The van der Waals surface area contributed by atoms with E-state index in [0.717, 1.165) is 22.5 Å². The number of aromatic nitrogens is 1. The van der Waals surface area contributed by atoms with Crippen molar-refractivity contribution in [2.75, 3.05) is 6.61 Å². The average Bonchev–Trinajstić information content (AvgIpc) is 2.91. The summed E-state index contributed by atoms with van der Waals surface area (Å²) in [5, 5.41) is 10.2. The molecule has 114 valence electrons. The first kappa shape index (κ1) is 15.5. The molecular weight excluding hydrogens is 310 g/mol. The van der Waals surface area contributed by atoms with Crippen molar-refractivity contribution in [2.45, 2.75) is 29.9 Å². The van der Waals surface area contributed by atoms with Crippen LogP contribution in [0.1, 0.15) is 20.3 Å². The van der Waals surface area contributed by atoms with Gasteiger partial charge in [0, 0.05) is 21.8 Å². The Hall–Kier alpha value is -1.36. The molecule has 3 aromatic rings. The lowest BCUT2D eigenvalue weighted by Gasteiger charge is -2.22. The van der Waals surface area contributed by atoms with Crippen molar-refractivity contribution >= 4 is 33.3 Å². The first-order valence-electron chi connectivity index (χ1n) is 7.33. The quantitative estimate of drug-likeness (QED) is 0.652. The highest BCUT2D eigenvalue weighted by molar-refractivity contribution is 8.00. The van der Waals surface area contributed by atoms with Gasteiger partial charge in [-0.25, -0.2) is 4.98 Å². The minimum Gasteiger partial charge on any atom is -0.396 e. The van der Waals surface area contributed by atoms with Gasteiger partial charge in [0.1, 0.15) is 5.01 Å². The molecule has 0 aliphatic rings.